The number of carbonyl (C=O) groups excluding carboxylic acids is 1. The van der Waals surface area contributed by atoms with Gasteiger partial charge in [-0.05, 0) is 60.2 Å². The van der Waals surface area contributed by atoms with Crippen molar-refractivity contribution in [3.63, 3.8) is 0 Å². The smallest absolute Gasteiger partial charge is 0.234 e. The first kappa shape index (κ1) is 19.8. The number of hydrogen-bond donors (Lipinski definition) is 1. The van der Waals surface area contributed by atoms with Gasteiger partial charge in [-0.1, -0.05) is 35.3 Å². The number of nitrogens with one attached hydrogen (secondary N) is 1. The van der Waals surface area contributed by atoms with Crippen molar-refractivity contribution in [2.45, 2.75) is 5.75 Å². The van der Waals surface area contributed by atoms with Crippen molar-refractivity contribution >= 4 is 57.7 Å². The average Bonchev–Trinajstić information content (AvgIpc) is 3.13. The number of nitrogens with zero attached hydrogens (tertiary/aromatic N) is 1. The molecule has 1 amide bonds. The van der Waals surface area contributed by atoms with E-state index in [1.807, 2.05) is 48.5 Å². The molecule has 0 saturated carbocycles. The van der Waals surface area contributed by atoms with Crippen LogP contribution in [-0.2, 0) is 10.5 Å². The van der Waals surface area contributed by atoms with Gasteiger partial charge in [-0.25, -0.2) is 4.98 Å². The highest BCUT2D eigenvalue weighted by Gasteiger charge is 2.09. The molecule has 0 spiro atoms. The van der Waals surface area contributed by atoms with E-state index in [9.17, 15) is 4.79 Å². The van der Waals surface area contributed by atoms with E-state index >= 15 is 0 Å². The molecule has 29 heavy (non-hydrogen) atoms. The fourth-order valence-corrected chi connectivity index (χ4v) is 3.84. The van der Waals surface area contributed by atoms with Crippen molar-refractivity contribution in [3.05, 3.63) is 82.3 Å². The minimum absolute atomic E-state index is 0.0479. The monoisotopic (exact) mass is 442 g/mol. The first-order chi connectivity index (χ1) is 14.1. The predicted molar refractivity (Wildman–Crippen MR) is 121 cm³/mol. The lowest BCUT2D eigenvalue weighted by molar-refractivity contribution is -0.113. The summed E-state index contributed by atoms with van der Waals surface area (Å²) in [5, 5.41) is 4.23. The van der Waals surface area contributed by atoms with Gasteiger partial charge in [0.05, 0.1) is 5.75 Å². The molecule has 3 aromatic carbocycles. The van der Waals surface area contributed by atoms with Crippen molar-refractivity contribution in [2.75, 3.05) is 11.1 Å². The van der Waals surface area contributed by atoms with Gasteiger partial charge in [0.25, 0.3) is 0 Å². The van der Waals surface area contributed by atoms with Gasteiger partial charge in [0, 0.05) is 27.0 Å². The van der Waals surface area contributed by atoms with Gasteiger partial charge < -0.3 is 9.73 Å². The largest absolute Gasteiger partial charge is 0.436 e. The highest BCUT2D eigenvalue weighted by molar-refractivity contribution is 7.99. The summed E-state index contributed by atoms with van der Waals surface area (Å²) < 4.78 is 5.76. The van der Waals surface area contributed by atoms with Crippen LogP contribution in [0.4, 0.5) is 5.69 Å². The second kappa shape index (κ2) is 8.91. The number of thioether (sulfide) groups is 1. The Kier molecular flexibility index (Phi) is 6.09. The molecule has 0 bridgehead atoms. The molecule has 0 unspecified atom stereocenters. The van der Waals surface area contributed by atoms with Crippen LogP contribution in [0.5, 0.6) is 0 Å². The van der Waals surface area contributed by atoms with Gasteiger partial charge in [-0.3, -0.25) is 4.79 Å². The molecule has 0 saturated heterocycles. The molecule has 4 rings (SSSR count). The zero-order chi connectivity index (χ0) is 20.2. The quantitative estimate of drug-likeness (QED) is 0.362. The van der Waals surface area contributed by atoms with Crippen LogP contribution in [0.25, 0.3) is 22.6 Å². The topological polar surface area (TPSA) is 55.1 Å². The summed E-state index contributed by atoms with van der Waals surface area (Å²) in [7, 11) is 0. The summed E-state index contributed by atoms with van der Waals surface area (Å²) >= 11 is 13.4. The van der Waals surface area contributed by atoms with E-state index in [0.29, 0.717) is 32.8 Å². The van der Waals surface area contributed by atoms with Crippen LogP contribution in [-0.4, -0.2) is 16.6 Å². The first-order valence-electron chi connectivity index (χ1n) is 8.85. The number of rotatable bonds is 6. The second-order valence-corrected chi connectivity index (χ2v) is 8.23. The second-order valence-electron chi connectivity index (χ2n) is 6.38. The molecule has 0 aliphatic carbocycles. The number of anilines is 1. The number of fused-ring (bicyclic) bond motifs is 1. The Hall–Kier alpha value is -2.47. The molecule has 1 N–H and O–H groups in total. The molecule has 0 fully saturated rings. The van der Waals surface area contributed by atoms with Crippen LogP contribution in [0.3, 0.4) is 0 Å². The number of halogens is 2. The summed E-state index contributed by atoms with van der Waals surface area (Å²) in [6, 6.07) is 20.4. The number of benzene rings is 3. The minimum atomic E-state index is -0.0479. The Bertz CT molecular complexity index is 1140. The summed E-state index contributed by atoms with van der Waals surface area (Å²) in [5.41, 5.74) is 4.08. The Morgan fingerprint density at radius 2 is 1.69 bits per heavy atom. The maximum absolute atomic E-state index is 12.2. The first-order valence-corrected chi connectivity index (χ1v) is 10.8. The van der Waals surface area contributed by atoms with Crippen LogP contribution >= 0.6 is 35.0 Å². The lowest BCUT2D eigenvalue weighted by Gasteiger charge is -2.06. The highest BCUT2D eigenvalue weighted by atomic mass is 35.5. The molecule has 0 aliphatic heterocycles. The van der Waals surface area contributed by atoms with Gasteiger partial charge >= 0.3 is 0 Å². The molecule has 0 radical (unpaired) electrons. The molecule has 4 nitrogen and oxygen atoms in total. The summed E-state index contributed by atoms with van der Waals surface area (Å²) in [4.78, 5) is 16.6. The van der Waals surface area contributed by atoms with Gasteiger partial charge in [0.15, 0.2) is 5.58 Å². The summed E-state index contributed by atoms with van der Waals surface area (Å²) in [6.45, 7) is 0. The Morgan fingerprint density at radius 3 is 2.45 bits per heavy atom. The third kappa shape index (κ3) is 5.12. The van der Waals surface area contributed by atoms with Gasteiger partial charge in [0.2, 0.25) is 11.8 Å². The lowest BCUT2D eigenvalue weighted by Crippen LogP contribution is -2.14. The van der Waals surface area contributed by atoms with Gasteiger partial charge in [0.1, 0.15) is 5.52 Å². The van der Waals surface area contributed by atoms with Gasteiger partial charge in [-0.2, -0.15) is 0 Å². The molecule has 0 atom stereocenters. The third-order valence-electron chi connectivity index (χ3n) is 4.18. The SMILES string of the molecule is O=C(CSCc1ccc(Cl)cc1)Nc1ccc(-c2nc3cc(Cl)ccc3o2)cc1. The van der Waals surface area contributed by atoms with Crippen molar-refractivity contribution < 1.29 is 9.21 Å². The van der Waals surface area contributed by atoms with Crippen LogP contribution in [0, 0.1) is 0 Å². The molecular weight excluding hydrogens is 427 g/mol. The van der Waals surface area contributed by atoms with Crippen molar-refractivity contribution in [2.24, 2.45) is 0 Å². The van der Waals surface area contributed by atoms with E-state index in [1.54, 1.807) is 30.0 Å². The summed E-state index contributed by atoms with van der Waals surface area (Å²) in [6.07, 6.45) is 0. The van der Waals surface area contributed by atoms with Crippen molar-refractivity contribution in [1.29, 1.82) is 0 Å². The van der Waals surface area contributed by atoms with Crippen LogP contribution in [0.1, 0.15) is 5.56 Å². The Labute approximate surface area is 182 Å². The van der Waals surface area contributed by atoms with Crippen molar-refractivity contribution in [3.8, 4) is 11.5 Å². The van der Waals surface area contributed by atoms with E-state index in [4.69, 9.17) is 27.6 Å². The summed E-state index contributed by atoms with van der Waals surface area (Å²) in [5.74, 6) is 1.59. The molecular formula is C22H16Cl2N2O2S. The Balaban J connectivity index is 1.33. The normalized spacial score (nSPS) is 11.0. The molecule has 146 valence electrons. The van der Waals surface area contributed by atoms with E-state index in [2.05, 4.69) is 10.3 Å². The number of carbonyl (C=O) groups is 1. The highest BCUT2D eigenvalue weighted by Crippen LogP contribution is 2.27. The standard InChI is InChI=1S/C22H16Cl2N2O2S/c23-16-5-1-14(2-6-16)12-29-13-21(27)25-18-8-3-15(4-9-18)22-26-19-11-17(24)7-10-20(19)28-22/h1-11H,12-13H2,(H,25,27). The maximum atomic E-state index is 12.2. The van der Waals surface area contributed by atoms with Crippen LogP contribution in [0.2, 0.25) is 10.0 Å². The van der Waals surface area contributed by atoms with Gasteiger partial charge in [-0.15, -0.1) is 11.8 Å². The molecule has 4 aromatic rings. The number of aromatic nitrogens is 1. The third-order valence-corrected chi connectivity index (χ3v) is 5.67. The number of amides is 1. The van der Waals surface area contributed by atoms with Crippen LogP contribution in [0.15, 0.2) is 71.1 Å². The minimum Gasteiger partial charge on any atom is -0.436 e. The molecule has 7 heteroatoms. The lowest BCUT2D eigenvalue weighted by atomic mass is 10.2. The van der Waals surface area contributed by atoms with E-state index in [0.717, 1.165) is 22.6 Å². The average molecular weight is 443 g/mol. The molecule has 0 aliphatic rings. The fourth-order valence-electron chi connectivity index (χ4n) is 2.76. The number of hydrogen-bond acceptors (Lipinski definition) is 4. The zero-order valence-electron chi connectivity index (χ0n) is 15.2. The maximum Gasteiger partial charge on any atom is 0.234 e. The molecule has 1 aromatic heterocycles. The van der Waals surface area contributed by atoms with E-state index in [1.165, 1.54) is 0 Å². The Morgan fingerprint density at radius 1 is 0.966 bits per heavy atom. The van der Waals surface area contributed by atoms with Crippen LogP contribution < -0.4 is 5.32 Å². The fraction of sp³-hybridized carbons (Fsp3) is 0.0909. The van der Waals surface area contributed by atoms with E-state index in [-0.39, 0.29) is 5.91 Å². The van der Waals surface area contributed by atoms with Crippen molar-refractivity contribution in [1.82, 2.24) is 4.98 Å². The predicted octanol–water partition coefficient (Wildman–Crippen LogP) is 6.67. The molecule has 1 heterocycles. The number of oxazole rings is 1. The van der Waals surface area contributed by atoms with E-state index < -0.39 is 0 Å². The zero-order valence-corrected chi connectivity index (χ0v) is 17.5.